The van der Waals surface area contributed by atoms with Gasteiger partial charge in [-0.25, -0.2) is 14.2 Å². The summed E-state index contributed by atoms with van der Waals surface area (Å²) in [6.07, 6.45) is 0. The summed E-state index contributed by atoms with van der Waals surface area (Å²) in [5.41, 5.74) is 6.28. The second-order valence-corrected chi connectivity index (χ2v) is 3.44. The first-order valence-electron chi connectivity index (χ1n) is 4.83. The highest BCUT2D eigenvalue weighted by atomic mass is 19.1. The Bertz CT molecular complexity index is 567. The van der Waals surface area contributed by atoms with Crippen molar-refractivity contribution in [3.63, 3.8) is 0 Å². The quantitative estimate of drug-likeness (QED) is 0.831. The number of benzene rings is 1. The molecule has 0 atom stereocenters. The Hall–Kier alpha value is -2.43. The Kier molecular flexibility index (Phi) is 2.74. The van der Waals surface area contributed by atoms with Crippen LogP contribution < -0.4 is 5.73 Å². The molecule has 1 heterocycles. The molecule has 0 spiro atoms. The van der Waals surface area contributed by atoms with E-state index in [1.165, 1.54) is 30.3 Å². The number of anilines is 1. The van der Waals surface area contributed by atoms with Crippen LogP contribution in [0.2, 0.25) is 0 Å². The molecular weight excluding hydrogens is 223 g/mol. The summed E-state index contributed by atoms with van der Waals surface area (Å²) < 4.78 is 12.8. The fourth-order valence-corrected chi connectivity index (χ4v) is 1.50. The lowest BCUT2D eigenvalue weighted by atomic mass is 10.0. The topological polar surface area (TPSA) is 76.2 Å². The maximum Gasteiger partial charge on any atom is 0.355 e. The van der Waals surface area contributed by atoms with Gasteiger partial charge >= 0.3 is 5.97 Å². The minimum Gasteiger partial charge on any atom is -0.476 e. The van der Waals surface area contributed by atoms with E-state index in [1.807, 2.05) is 0 Å². The molecule has 2 aromatic rings. The normalized spacial score (nSPS) is 10.2. The zero-order valence-electron chi connectivity index (χ0n) is 8.72. The van der Waals surface area contributed by atoms with Crippen LogP contribution >= 0.6 is 0 Å². The highest BCUT2D eigenvalue weighted by Gasteiger charge is 2.13. The first-order valence-corrected chi connectivity index (χ1v) is 4.83. The average molecular weight is 232 g/mol. The molecule has 3 N–H and O–H groups in total. The van der Waals surface area contributed by atoms with Gasteiger partial charge in [0.1, 0.15) is 11.6 Å². The van der Waals surface area contributed by atoms with Gasteiger partial charge in [-0.2, -0.15) is 0 Å². The maximum atomic E-state index is 12.8. The molecule has 1 aromatic carbocycles. The number of nitrogens with zero attached hydrogens (tertiary/aromatic N) is 1. The average Bonchev–Trinajstić information content (AvgIpc) is 2.30. The number of carboxylic acid groups (broad SMARTS) is 1. The van der Waals surface area contributed by atoms with Crippen molar-refractivity contribution in [2.45, 2.75) is 0 Å². The van der Waals surface area contributed by atoms with Gasteiger partial charge in [0, 0.05) is 5.56 Å². The summed E-state index contributed by atoms with van der Waals surface area (Å²) in [5, 5.41) is 9.01. The molecule has 0 saturated carbocycles. The predicted octanol–water partition coefficient (Wildman–Crippen LogP) is 2.17. The second-order valence-electron chi connectivity index (χ2n) is 3.44. The van der Waals surface area contributed by atoms with E-state index in [-0.39, 0.29) is 17.3 Å². The van der Waals surface area contributed by atoms with Crippen LogP contribution in [0.3, 0.4) is 0 Å². The minimum absolute atomic E-state index is 0.133. The molecule has 4 nitrogen and oxygen atoms in total. The predicted molar refractivity (Wildman–Crippen MR) is 61.0 cm³/mol. The van der Waals surface area contributed by atoms with Gasteiger partial charge < -0.3 is 10.8 Å². The van der Waals surface area contributed by atoms with Gasteiger partial charge in [-0.05, 0) is 29.8 Å². The molecule has 0 saturated heterocycles. The standard InChI is InChI=1S/C12H9FN2O2/c13-8-3-1-7(2-4-8)9-5-6-10(14)15-11(9)12(16)17/h1-6H,(H2,14,15)(H,16,17). The van der Waals surface area contributed by atoms with Crippen LogP contribution in [0, 0.1) is 5.82 Å². The third kappa shape index (κ3) is 2.23. The number of nitrogen functional groups attached to an aromatic ring is 1. The van der Waals surface area contributed by atoms with Crippen LogP contribution in [0.5, 0.6) is 0 Å². The van der Waals surface area contributed by atoms with Gasteiger partial charge in [0.2, 0.25) is 0 Å². The van der Waals surface area contributed by atoms with Gasteiger partial charge in [-0.15, -0.1) is 0 Å². The summed E-state index contributed by atoms with van der Waals surface area (Å²) in [7, 11) is 0. The van der Waals surface area contributed by atoms with Crippen molar-refractivity contribution in [2.75, 3.05) is 5.73 Å². The third-order valence-corrected chi connectivity index (χ3v) is 2.27. The Balaban J connectivity index is 2.58. The van der Waals surface area contributed by atoms with E-state index in [4.69, 9.17) is 10.8 Å². The maximum absolute atomic E-state index is 12.8. The van der Waals surface area contributed by atoms with Gasteiger partial charge in [0.25, 0.3) is 0 Å². The number of halogens is 1. The SMILES string of the molecule is Nc1ccc(-c2ccc(F)cc2)c(C(=O)O)n1. The Morgan fingerprint density at radius 1 is 1.18 bits per heavy atom. The van der Waals surface area contributed by atoms with E-state index >= 15 is 0 Å². The number of aromatic carboxylic acids is 1. The Morgan fingerprint density at radius 2 is 1.82 bits per heavy atom. The smallest absolute Gasteiger partial charge is 0.355 e. The molecule has 5 heteroatoms. The lowest BCUT2D eigenvalue weighted by Crippen LogP contribution is -2.05. The molecule has 0 aliphatic rings. The summed E-state index contributed by atoms with van der Waals surface area (Å²) in [6, 6.07) is 8.57. The summed E-state index contributed by atoms with van der Waals surface area (Å²) in [4.78, 5) is 14.8. The van der Waals surface area contributed by atoms with E-state index in [0.717, 1.165) is 0 Å². The molecule has 0 unspecified atom stereocenters. The van der Waals surface area contributed by atoms with Crippen LogP contribution in [0.15, 0.2) is 36.4 Å². The molecular formula is C12H9FN2O2. The van der Waals surface area contributed by atoms with Crippen molar-refractivity contribution in [2.24, 2.45) is 0 Å². The first-order chi connectivity index (χ1) is 8.08. The molecule has 17 heavy (non-hydrogen) atoms. The molecule has 0 aliphatic heterocycles. The van der Waals surface area contributed by atoms with E-state index in [2.05, 4.69) is 4.98 Å². The number of rotatable bonds is 2. The Morgan fingerprint density at radius 3 is 2.41 bits per heavy atom. The van der Waals surface area contributed by atoms with Crippen LogP contribution in [0.1, 0.15) is 10.5 Å². The number of hydrogen-bond acceptors (Lipinski definition) is 3. The highest BCUT2D eigenvalue weighted by Crippen LogP contribution is 2.23. The van der Waals surface area contributed by atoms with Crippen molar-refractivity contribution in [1.29, 1.82) is 0 Å². The lowest BCUT2D eigenvalue weighted by Gasteiger charge is -2.06. The van der Waals surface area contributed by atoms with Crippen LogP contribution in [-0.4, -0.2) is 16.1 Å². The summed E-state index contributed by atoms with van der Waals surface area (Å²) >= 11 is 0. The third-order valence-electron chi connectivity index (χ3n) is 2.27. The van der Waals surface area contributed by atoms with E-state index in [9.17, 15) is 9.18 Å². The van der Waals surface area contributed by atoms with Gasteiger partial charge in [0.05, 0.1) is 0 Å². The van der Waals surface area contributed by atoms with Crippen molar-refractivity contribution in [3.05, 3.63) is 47.9 Å². The van der Waals surface area contributed by atoms with Gasteiger partial charge in [-0.1, -0.05) is 12.1 Å². The minimum atomic E-state index is -1.17. The first kappa shape index (κ1) is 11.1. The summed E-state index contributed by atoms with van der Waals surface area (Å²) in [5.74, 6) is -1.42. The molecule has 0 aliphatic carbocycles. The fraction of sp³-hybridized carbons (Fsp3) is 0. The van der Waals surface area contributed by atoms with E-state index in [1.54, 1.807) is 6.07 Å². The molecule has 86 valence electrons. The van der Waals surface area contributed by atoms with Crippen molar-refractivity contribution in [1.82, 2.24) is 4.98 Å². The number of carboxylic acids is 1. The van der Waals surface area contributed by atoms with Crippen molar-refractivity contribution < 1.29 is 14.3 Å². The van der Waals surface area contributed by atoms with Crippen molar-refractivity contribution in [3.8, 4) is 11.1 Å². The molecule has 0 bridgehead atoms. The molecule has 1 aromatic heterocycles. The van der Waals surface area contributed by atoms with E-state index < -0.39 is 5.97 Å². The van der Waals surface area contributed by atoms with Gasteiger partial charge in [0.15, 0.2) is 5.69 Å². The van der Waals surface area contributed by atoms with E-state index in [0.29, 0.717) is 11.1 Å². The van der Waals surface area contributed by atoms with Crippen LogP contribution in [0.4, 0.5) is 10.2 Å². The number of carbonyl (C=O) groups is 1. The summed E-state index contributed by atoms with van der Waals surface area (Å²) in [6.45, 7) is 0. The largest absolute Gasteiger partial charge is 0.476 e. The molecule has 0 radical (unpaired) electrons. The van der Waals surface area contributed by atoms with Crippen molar-refractivity contribution >= 4 is 11.8 Å². The lowest BCUT2D eigenvalue weighted by molar-refractivity contribution is 0.0691. The number of pyridine rings is 1. The molecule has 0 amide bonds. The number of hydrogen-bond donors (Lipinski definition) is 2. The Labute approximate surface area is 96.5 Å². The second kappa shape index (κ2) is 4.21. The van der Waals surface area contributed by atoms with Crippen LogP contribution in [0.25, 0.3) is 11.1 Å². The fourth-order valence-electron chi connectivity index (χ4n) is 1.50. The highest BCUT2D eigenvalue weighted by molar-refractivity contribution is 5.94. The number of nitrogens with two attached hydrogens (primary N) is 1. The number of aromatic nitrogens is 1. The monoisotopic (exact) mass is 232 g/mol. The molecule has 2 rings (SSSR count). The molecule has 0 fully saturated rings. The van der Waals surface area contributed by atoms with Crippen LogP contribution in [-0.2, 0) is 0 Å². The zero-order valence-corrected chi connectivity index (χ0v) is 8.72. The zero-order chi connectivity index (χ0) is 12.4. The van der Waals surface area contributed by atoms with Gasteiger partial charge in [-0.3, -0.25) is 0 Å².